The summed E-state index contributed by atoms with van der Waals surface area (Å²) in [4.78, 5) is 1.53. The van der Waals surface area contributed by atoms with Crippen molar-refractivity contribution < 1.29 is 8.78 Å². The summed E-state index contributed by atoms with van der Waals surface area (Å²) in [5.41, 5.74) is 5.55. The average Bonchev–Trinajstić information content (AvgIpc) is 2.51. The third-order valence-electron chi connectivity index (χ3n) is 2.26. The second kappa shape index (κ2) is 3.20. The van der Waals surface area contributed by atoms with Crippen molar-refractivity contribution in [3.8, 4) is 0 Å². The highest BCUT2D eigenvalue weighted by atomic mass is 19.3. The number of anilines is 1. The summed E-state index contributed by atoms with van der Waals surface area (Å²) in [6, 6.07) is 1.18. The molecule has 0 amide bonds. The first-order valence-electron chi connectivity index (χ1n) is 4.44. The van der Waals surface area contributed by atoms with Gasteiger partial charge in [-0.2, -0.15) is 5.10 Å². The third kappa shape index (κ3) is 1.84. The Morgan fingerprint density at radius 3 is 3.00 bits per heavy atom. The van der Waals surface area contributed by atoms with Crippen molar-refractivity contribution in [1.82, 2.24) is 10.2 Å². The van der Waals surface area contributed by atoms with Crippen molar-refractivity contribution in [3.05, 3.63) is 12.3 Å². The molecule has 1 aromatic heterocycles. The number of halogens is 2. The highest BCUT2D eigenvalue weighted by molar-refractivity contribution is 5.38. The number of nitrogens with one attached hydrogen (secondary N) is 1. The van der Waals surface area contributed by atoms with E-state index in [2.05, 4.69) is 10.2 Å². The lowest BCUT2D eigenvalue weighted by Crippen LogP contribution is -2.52. The molecule has 2 heterocycles. The van der Waals surface area contributed by atoms with Crippen LogP contribution in [-0.2, 0) is 0 Å². The molecule has 1 aromatic rings. The number of aromatic amines is 1. The maximum absolute atomic E-state index is 13.1. The summed E-state index contributed by atoms with van der Waals surface area (Å²) in [5, 5.41) is 6.37. The number of piperidine rings is 1. The van der Waals surface area contributed by atoms with Gasteiger partial charge >= 0.3 is 0 Å². The molecule has 1 aliphatic heterocycles. The number of nitrogens with zero attached hydrogens (tertiary/aromatic N) is 2. The molecule has 0 aliphatic carbocycles. The Kier molecular flexibility index (Phi) is 2.14. The minimum atomic E-state index is -2.71. The summed E-state index contributed by atoms with van der Waals surface area (Å²) in [6.45, 7) is 0.153. The molecule has 14 heavy (non-hydrogen) atoms. The molecule has 6 heteroatoms. The number of H-pyrrole nitrogens is 1. The first kappa shape index (κ1) is 9.39. The molecule has 78 valence electrons. The summed E-state index contributed by atoms with van der Waals surface area (Å²) >= 11 is 0. The van der Waals surface area contributed by atoms with E-state index in [9.17, 15) is 8.78 Å². The van der Waals surface area contributed by atoms with Gasteiger partial charge < -0.3 is 10.6 Å². The Bertz CT molecular complexity index is 298. The second-order valence-electron chi connectivity index (χ2n) is 3.64. The number of aromatic nitrogens is 2. The average molecular weight is 202 g/mol. The molecule has 0 aromatic carbocycles. The standard InChI is InChI=1S/C8H12F2N4/c9-8(10)3-6(11)4-14(5-8)7-1-2-12-13-7/h1-2,6H,3-5,11H2,(H,12,13)/t6-/m1/s1. The number of hydrogen-bond donors (Lipinski definition) is 2. The molecule has 0 saturated carbocycles. The molecule has 1 fully saturated rings. The minimum Gasteiger partial charge on any atom is -0.349 e. The first-order valence-corrected chi connectivity index (χ1v) is 4.44. The summed E-state index contributed by atoms with van der Waals surface area (Å²) in [5.74, 6) is -2.11. The van der Waals surface area contributed by atoms with E-state index in [1.54, 1.807) is 6.07 Å². The van der Waals surface area contributed by atoms with E-state index in [0.29, 0.717) is 12.4 Å². The fraction of sp³-hybridized carbons (Fsp3) is 0.625. The first-order chi connectivity index (χ1) is 6.57. The number of rotatable bonds is 1. The van der Waals surface area contributed by atoms with Crippen molar-refractivity contribution in [3.63, 3.8) is 0 Å². The normalized spacial score (nSPS) is 26.5. The predicted molar refractivity (Wildman–Crippen MR) is 48.3 cm³/mol. The number of hydrogen-bond acceptors (Lipinski definition) is 3. The zero-order valence-corrected chi connectivity index (χ0v) is 7.58. The SMILES string of the molecule is N[C@H]1CN(c2ccn[nH]2)CC(F)(F)C1. The van der Waals surface area contributed by atoms with Crippen LogP contribution in [0.15, 0.2) is 12.3 Å². The van der Waals surface area contributed by atoms with Gasteiger partial charge in [0, 0.05) is 25.1 Å². The molecule has 0 spiro atoms. The largest absolute Gasteiger partial charge is 0.349 e. The highest BCUT2D eigenvalue weighted by Crippen LogP contribution is 2.28. The van der Waals surface area contributed by atoms with E-state index in [-0.39, 0.29) is 13.0 Å². The zero-order valence-electron chi connectivity index (χ0n) is 7.58. The van der Waals surface area contributed by atoms with Gasteiger partial charge in [-0.15, -0.1) is 0 Å². The van der Waals surface area contributed by atoms with Crippen LogP contribution in [0.25, 0.3) is 0 Å². The predicted octanol–water partition coefficient (Wildman–Crippen LogP) is 0.582. The Balaban J connectivity index is 2.14. The summed E-state index contributed by atoms with van der Waals surface area (Å²) in [6.07, 6.45) is 1.30. The van der Waals surface area contributed by atoms with E-state index >= 15 is 0 Å². The smallest absolute Gasteiger partial charge is 0.266 e. The van der Waals surface area contributed by atoms with Crippen LogP contribution >= 0.6 is 0 Å². The fourth-order valence-electron chi connectivity index (χ4n) is 1.75. The lowest BCUT2D eigenvalue weighted by molar-refractivity contribution is -0.0174. The van der Waals surface area contributed by atoms with E-state index in [1.165, 1.54) is 11.1 Å². The third-order valence-corrected chi connectivity index (χ3v) is 2.26. The van der Waals surface area contributed by atoms with Gasteiger partial charge in [-0.25, -0.2) is 8.78 Å². The van der Waals surface area contributed by atoms with Gasteiger partial charge in [0.25, 0.3) is 5.92 Å². The van der Waals surface area contributed by atoms with Gasteiger partial charge in [-0.3, -0.25) is 5.10 Å². The minimum absolute atomic E-state index is 0.238. The maximum atomic E-state index is 13.1. The second-order valence-corrected chi connectivity index (χ2v) is 3.64. The van der Waals surface area contributed by atoms with Gasteiger partial charge in [0.15, 0.2) is 0 Å². The van der Waals surface area contributed by atoms with Crippen LogP contribution in [-0.4, -0.2) is 35.3 Å². The van der Waals surface area contributed by atoms with E-state index in [1.807, 2.05) is 0 Å². The molecule has 0 bridgehead atoms. The van der Waals surface area contributed by atoms with Gasteiger partial charge in [0.05, 0.1) is 12.7 Å². The van der Waals surface area contributed by atoms with Crippen molar-refractivity contribution in [1.29, 1.82) is 0 Å². The Hall–Kier alpha value is -1.17. The quantitative estimate of drug-likeness (QED) is 0.700. The summed E-state index contributed by atoms with van der Waals surface area (Å²) in [7, 11) is 0. The number of alkyl halides is 2. The van der Waals surface area contributed by atoms with Crippen LogP contribution in [0.5, 0.6) is 0 Å². The van der Waals surface area contributed by atoms with Crippen LogP contribution in [0, 0.1) is 0 Å². The van der Waals surface area contributed by atoms with Gasteiger partial charge in [0.2, 0.25) is 0 Å². The topological polar surface area (TPSA) is 57.9 Å². The molecular formula is C8H12F2N4. The van der Waals surface area contributed by atoms with Crippen molar-refractivity contribution in [2.75, 3.05) is 18.0 Å². The van der Waals surface area contributed by atoms with E-state index < -0.39 is 12.0 Å². The molecule has 2 rings (SSSR count). The molecule has 4 nitrogen and oxygen atoms in total. The molecule has 0 radical (unpaired) electrons. The van der Waals surface area contributed by atoms with E-state index in [0.717, 1.165) is 0 Å². The van der Waals surface area contributed by atoms with Crippen molar-refractivity contribution in [2.24, 2.45) is 5.73 Å². The molecule has 1 saturated heterocycles. The van der Waals surface area contributed by atoms with Crippen LogP contribution in [0.1, 0.15) is 6.42 Å². The molecule has 1 aliphatic rings. The van der Waals surface area contributed by atoms with Gasteiger partial charge in [-0.1, -0.05) is 0 Å². The molecule has 3 N–H and O–H groups in total. The summed E-state index contributed by atoms with van der Waals surface area (Å²) < 4.78 is 26.3. The molecular weight excluding hydrogens is 190 g/mol. The molecule has 1 atom stereocenters. The Morgan fingerprint density at radius 2 is 2.43 bits per heavy atom. The maximum Gasteiger partial charge on any atom is 0.266 e. The van der Waals surface area contributed by atoms with Crippen LogP contribution < -0.4 is 10.6 Å². The van der Waals surface area contributed by atoms with Crippen molar-refractivity contribution in [2.45, 2.75) is 18.4 Å². The van der Waals surface area contributed by atoms with Crippen LogP contribution in [0.4, 0.5) is 14.6 Å². The Morgan fingerprint density at radius 1 is 1.64 bits per heavy atom. The fourth-order valence-corrected chi connectivity index (χ4v) is 1.75. The highest BCUT2D eigenvalue weighted by Gasteiger charge is 2.39. The zero-order chi connectivity index (χ0) is 10.2. The van der Waals surface area contributed by atoms with Gasteiger partial charge in [0.1, 0.15) is 5.82 Å². The van der Waals surface area contributed by atoms with Crippen LogP contribution in [0.3, 0.4) is 0 Å². The van der Waals surface area contributed by atoms with Gasteiger partial charge in [-0.05, 0) is 0 Å². The lowest BCUT2D eigenvalue weighted by Gasteiger charge is -2.36. The number of nitrogens with two attached hydrogens (primary N) is 1. The van der Waals surface area contributed by atoms with E-state index in [4.69, 9.17) is 5.73 Å². The Labute approximate surface area is 80.1 Å². The molecule has 0 unspecified atom stereocenters. The van der Waals surface area contributed by atoms with Crippen LogP contribution in [0.2, 0.25) is 0 Å². The monoisotopic (exact) mass is 202 g/mol. The van der Waals surface area contributed by atoms with Crippen molar-refractivity contribution >= 4 is 5.82 Å². The lowest BCUT2D eigenvalue weighted by atomic mass is 10.0.